The third kappa shape index (κ3) is 4.26. The maximum atomic E-state index is 13.1. The highest BCUT2D eigenvalue weighted by Crippen LogP contribution is 2.47. The minimum absolute atomic E-state index is 0.0400. The van der Waals surface area contributed by atoms with E-state index >= 15 is 0 Å². The number of carbonyl (C=O) groups excluding carboxylic acids is 1. The van der Waals surface area contributed by atoms with E-state index in [1.54, 1.807) is 0 Å². The molecule has 0 bridgehead atoms. The van der Waals surface area contributed by atoms with Gasteiger partial charge in [0.25, 0.3) is 5.69 Å². The first-order chi connectivity index (χ1) is 13.1. The molecular weight excluding hydrogens is 449 g/mol. The van der Waals surface area contributed by atoms with Gasteiger partial charge in [-0.25, -0.2) is 0 Å². The summed E-state index contributed by atoms with van der Waals surface area (Å²) in [5.41, 5.74) is -1.11. The highest BCUT2D eigenvalue weighted by molar-refractivity contribution is 9.10. The molecule has 12 heteroatoms. The van der Waals surface area contributed by atoms with E-state index in [2.05, 4.69) is 26.3 Å². The Kier molecular flexibility index (Phi) is 5.33. The molecule has 1 amide bonds. The zero-order chi connectivity index (χ0) is 20.6. The lowest BCUT2D eigenvalue weighted by atomic mass is 10.2. The van der Waals surface area contributed by atoms with Crippen molar-refractivity contribution in [2.75, 3.05) is 5.32 Å². The summed E-state index contributed by atoms with van der Waals surface area (Å²) in [6, 6.07) is 3.14. The maximum Gasteiger partial charge on any atom is 0.436 e. The van der Waals surface area contributed by atoms with Gasteiger partial charge in [-0.3, -0.25) is 19.6 Å². The van der Waals surface area contributed by atoms with Crippen molar-refractivity contribution in [1.82, 2.24) is 9.78 Å². The maximum absolute atomic E-state index is 13.1. The van der Waals surface area contributed by atoms with Crippen LogP contribution in [0.1, 0.15) is 36.6 Å². The van der Waals surface area contributed by atoms with Gasteiger partial charge in [-0.1, -0.05) is 0 Å². The smallest absolute Gasteiger partial charge is 0.436 e. The van der Waals surface area contributed by atoms with E-state index in [1.165, 1.54) is 0 Å². The van der Waals surface area contributed by atoms with Crippen LogP contribution in [-0.4, -0.2) is 25.7 Å². The lowest BCUT2D eigenvalue weighted by Gasteiger charge is -2.09. The Balaban J connectivity index is 1.73. The van der Waals surface area contributed by atoms with Crippen LogP contribution in [-0.2, 0) is 17.5 Å². The Bertz CT molecular complexity index is 941. The number of nitro benzene ring substituents is 1. The number of amides is 1. The normalized spacial score (nSPS) is 14.1. The number of phenols is 1. The molecule has 1 saturated carbocycles. The van der Waals surface area contributed by atoms with Crippen molar-refractivity contribution in [3.8, 4) is 5.75 Å². The molecule has 1 aliphatic rings. The number of aromatic nitrogens is 2. The number of hydrogen-bond acceptors (Lipinski definition) is 5. The summed E-state index contributed by atoms with van der Waals surface area (Å²) in [4.78, 5) is 22.2. The zero-order valence-corrected chi connectivity index (χ0v) is 15.7. The summed E-state index contributed by atoms with van der Waals surface area (Å²) in [7, 11) is 0. The summed E-state index contributed by atoms with van der Waals surface area (Å²) < 4.78 is 40.3. The molecule has 1 aromatic carbocycles. The molecule has 28 heavy (non-hydrogen) atoms. The number of nitro groups is 1. The molecular formula is C16H14BrF3N4O4. The molecule has 0 saturated heterocycles. The van der Waals surface area contributed by atoms with Crippen LogP contribution in [0.3, 0.4) is 0 Å². The minimum Gasteiger partial charge on any atom is -0.506 e. The Morgan fingerprint density at radius 3 is 2.68 bits per heavy atom. The number of nitrogens with zero attached hydrogens (tertiary/aromatic N) is 3. The average molecular weight is 463 g/mol. The number of aromatic hydroxyl groups is 1. The van der Waals surface area contributed by atoms with Crippen LogP contribution in [0, 0.1) is 10.1 Å². The fourth-order valence-corrected chi connectivity index (χ4v) is 3.54. The van der Waals surface area contributed by atoms with Crippen molar-refractivity contribution < 1.29 is 28.0 Å². The lowest BCUT2D eigenvalue weighted by molar-refractivity contribution is -0.384. The SMILES string of the molecule is O=C(CCn1nc(C(F)(F)F)c(Br)c1C1CC1)Nc1cc([N+](=O)[O-])ccc1O. The van der Waals surface area contributed by atoms with Gasteiger partial charge in [0.2, 0.25) is 5.91 Å². The van der Waals surface area contributed by atoms with E-state index in [1.807, 2.05) is 0 Å². The van der Waals surface area contributed by atoms with Gasteiger partial charge in [0.05, 0.1) is 27.3 Å². The van der Waals surface area contributed by atoms with Crippen LogP contribution in [0.4, 0.5) is 24.5 Å². The van der Waals surface area contributed by atoms with Crippen LogP contribution in [0.25, 0.3) is 0 Å². The molecule has 0 aliphatic heterocycles. The van der Waals surface area contributed by atoms with Crippen LogP contribution < -0.4 is 5.32 Å². The molecule has 2 N–H and O–H groups in total. The van der Waals surface area contributed by atoms with Gasteiger partial charge in [-0.2, -0.15) is 18.3 Å². The fourth-order valence-electron chi connectivity index (χ4n) is 2.71. The molecule has 0 spiro atoms. The predicted octanol–water partition coefficient (Wildman–Crippen LogP) is 4.18. The largest absolute Gasteiger partial charge is 0.506 e. The van der Waals surface area contributed by atoms with Gasteiger partial charge in [0.15, 0.2) is 5.69 Å². The highest BCUT2D eigenvalue weighted by Gasteiger charge is 2.41. The molecule has 0 atom stereocenters. The molecule has 8 nitrogen and oxygen atoms in total. The Hall–Kier alpha value is -2.63. The third-order valence-corrected chi connectivity index (χ3v) is 4.96. The van der Waals surface area contributed by atoms with Gasteiger partial charge in [-0.05, 0) is 34.8 Å². The van der Waals surface area contributed by atoms with Crippen molar-refractivity contribution in [3.63, 3.8) is 0 Å². The van der Waals surface area contributed by atoms with E-state index in [-0.39, 0.29) is 40.5 Å². The number of alkyl halides is 3. The first kappa shape index (κ1) is 20.1. The zero-order valence-electron chi connectivity index (χ0n) is 14.2. The molecule has 1 fully saturated rings. The standard InChI is InChI=1S/C16H14BrF3N4O4/c17-13-14(8-1-2-8)23(22-15(13)16(18,19)20)6-5-12(26)21-10-7-9(24(27)28)3-4-11(10)25/h3-4,7-8,25H,1-2,5-6H2,(H,21,26). The van der Waals surface area contributed by atoms with Crippen LogP contribution >= 0.6 is 15.9 Å². The van der Waals surface area contributed by atoms with Gasteiger partial charge in [0.1, 0.15) is 5.75 Å². The van der Waals surface area contributed by atoms with Crippen molar-refractivity contribution >= 4 is 33.2 Å². The number of nitrogens with one attached hydrogen (secondary N) is 1. The second kappa shape index (κ2) is 7.41. The predicted molar refractivity (Wildman–Crippen MR) is 94.9 cm³/mol. The second-order valence-electron chi connectivity index (χ2n) is 6.30. The molecule has 3 rings (SSSR count). The fraction of sp³-hybridized carbons (Fsp3) is 0.375. The second-order valence-corrected chi connectivity index (χ2v) is 7.09. The number of benzene rings is 1. The van der Waals surface area contributed by atoms with E-state index in [0.717, 1.165) is 35.7 Å². The number of phenolic OH excluding ortho intramolecular Hbond substituents is 1. The van der Waals surface area contributed by atoms with Gasteiger partial charge in [-0.15, -0.1) is 0 Å². The van der Waals surface area contributed by atoms with Crippen LogP contribution in [0.2, 0.25) is 0 Å². The number of non-ortho nitro benzene ring substituents is 1. The van der Waals surface area contributed by atoms with Crippen molar-refractivity contribution in [1.29, 1.82) is 0 Å². The Morgan fingerprint density at radius 1 is 1.43 bits per heavy atom. The molecule has 0 unspecified atom stereocenters. The van der Waals surface area contributed by atoms with Gasteiger partial charge in [0, 0.05) is 24.5 Å². The average Bonchev–Trinajstić information content (AvgIpc) is 3.37. The van der Waals surface area contributed by atoms with Crippen molar-refractivity contribution in [3.05, 3.63) is 44.2 Å². The lowest BCUT2D eigenvalue weighted by Crippen LogP contribution is -2.16. The molecule has 2 aromatic rings. The minimum atomic E-state index is -4.62. The van der Waals surface area contributed by atoms with Crippen molar-refractivity contribution in [2.24, 2.45) is 0 Å². The van der Waals surface area contributed by atoms with E-state index in [4.69, 9.17) is 0 Å². The van der Waals surface area contributed by atoms with E-state index in [0.29, 0.717) is 5.69 Å². The number of aryl methyl sites for hydroxylation is 1. The molecule has 1 aliphatic carbocycles. The monoisotopic (exact) mass is 462 g/mol. The Morgan fingerprint density at radius 2 is 2.11 bits per heavy atom. The first-order valence-electron chi connectivity index (χ1n) is 8.18. The summed E-state index contributed by atoms with van der Waals surface area (Å²) in [5, 5.41) is 26.4. The topological polar surface area (TPSA) is 110 Å². The van der Waals surface area contributed by atoms with E-state index < -0.39 is 22.7 Å². The molecule has 1 aromatic heterocycles. The molecule has 0 radical (unpaired) electrons. The van der Waals surface area contributed by atoms with E-state index in [9.17, 15) is 33.2 Å². The Labute approximate surface area is 164 Å². The summed E-state index contributed by atoms with van der Waals surface area (Å²) in [5.74, 6) is -1.03. The number of anilines is 1. The summed E-state index contributed by atoms with van der Waals surface area (Å²) in [6.07, 6.45) is -3.36. The highest BCUT2D eigenvalue weighted by atomic mass is 79.9. The van der Waals surface area contributed by atoms with Gasteiger partial charge < -0.3 is 10.4 Å². The van der Waals surface area contributed by atoms with Crippen LogP contribution in [0.15, 0.2) is 22.7 Å². The number of hydrogen-bond donors (Lipinski definition) is 2. The van der Waals surface area contributed by atoms with Gasteiger partial charge >= 0.3 is 6.18 Å². The molecule has 150 valence electrons. The van der Waals surface area contributed by atoms with Crippen molar-refractivity contribution in [2.45, 2.75) is 37.9 Å². The first-order valence-corrected chi connectivity index (χ1v) is 8.98. The number of rotatable bonds is 6. The molecule has 1 heterocycles. The number of halogens is 4. The third-order valence-electron chi connectivity index (χ3n) is 4.18. The number of carbonyl (C=O) groups is 1. The quantitative estimate of drug-likeness (QED) is 0.380. The summed E-state index contributed by atoms with van der Waals surface area (Å²) >= 11 is 2.97. The van der Waals surface area contributed by atoms with Crippen LogP contribution in [0.5, 0.6) is 5.75 Å². The summed E-state index contributed by atoms with van der Waals surface area (Å²) in [6.45, 7) is -0.109.